The van der Waals surface area contributed by atoms with E-state index in [0.29, 0.717) is 19.6 Å². The number of nitrogens with zero attached hydrogens (tertiary/aromatic N) is 2. The Hall–Kier alpha value is -2.54. The van der Waals surface area contributed by atoms with Gasteiger partial charge in [-0.2, -0.15) is 0 Å². The van der Waals surface area contributed by atoms with Crippen LogP contribution < -0.4 is 15.0 Å². The van der Waals surface area contributed by atoms with Gasteiger partial charge in [-0.25, -0.2) is 4.79 Å². The van der Waals surface area contributed by atoms with E-state index in [1.165, 1.54) is 4.88 Å². The molecular formula is C19H23N3O3S. The standard InChI is InChI=1S/C19H23N3O3S/c1-14-18(23)22(15-5-7-16(25-2)8-6-15)12-11-21(14)19(24)20-10-9-17-4-3-13-26-17/h3-8,13-14H,9-12H2,1-2H3,(H,20,24)/t14-/m0/s1. The van der Waals surface area contributed by atoms with Gasteiger partial charge >= 0.3 is 6.03 Å². The summed E-state index contributed by atoms with van der Waals surface area (Å²) in [5.74, 6) is 0.674. The molecule has 1 aromatic heterocycles. The normalized spacial score (nSPS) is 17.3. The Labute approximate surface area is 157 Å². The Kier molecular flexibility index (Phi) is 5.78. The summed E-state index contributed by atoms with van der Waals surface area (Å²) in [5, 5.41) is 4.94. The van der Waals surface area contributed by atoms with Crippen molar-refractivity contribution in [2.45, 2.75) is 19.4 Å². The maximum Gasteiger partial charge on any atom is 0.318 e. The number of thiophene rings is 1. The van der Waals surface area contributed by atoms with Crippen molar-refractivity contribution in [3.8, 4) is 5.75 Å². The van der Waals surface area contributed by atoms with Gasteiger partial charge in [-0.3, -0.25) is 4.79 Å². The molecule has 0 radical (unpaired) electrons. The quantitative estimate of drug-likeness (QED) is 0.877. The van der Waals surface area contributed by atoms with Gasteiger partial charge in [-0.05, 0) is 49.1 Å². The van der Waals surface area contributed by atoms with E-state index < -0.39 is 6.04 Å². The largest absolute Gasteiger partial charge is 0.497 e. The average molecular weight is 373 g/mol. The van der Waals surface area contributed by atoms with Crippen LogP contribution in [-0.2, 0) is 11.2 Å². The van der Waals surface area contributed by atoms with Gasteiger partial charge in [-0.1, -0.05) is 6.07 Å². The number of anilines is 1. The molecule has 0 unspecified atom stereocenters. The number of benzene rings is 1. The first-order valence-corrected chi connectivity index (χ1v) is 9.50. The Morgan fingerprint density at radius 2 is 2.04 bits per heavy atom. The summed E-state index contributed by atoms with van der Waals surface area (Å²) in [6.45, 7) is 3.33. The number of carbonyl (C=O) groups excluding carboxylic acids is 2. The molecule has 0 spiro atoms. The molecule has 1 atom stereocenters. The van der Waals surface area contributed by atoms with Crippen molar-refractivity contribution in [1.29, 1.82) is 0 Å². The molecular weight excluding hydrogens is 350 g/mol. The highest BCUT2D eigenvalue weighted by Gasteiger charge is 2.34. The maximum atomic E-state index is 12.7. The predicted octanol–water partition coefficient (Wildman–Crippen LogP) is 2.75. The van der Waals surface area contributed by atoms with Crippen molar-refractivity contribution >= 4 is 29.0 Å². The number of methoxy groups -OCH3 is 1. The van der Waals surface area contributed by atoms with Crippen LogP contribution in [0.3, 0.4) is 0 Å². The molecule has 6 nitrogen and oxygen atoms in total. The van der Waals surface area contributed by atoms with E-state index in [9.17, 15) is 9.59 Å². The second kappa shape index (κ2) is 8.23. The zero-order valence-electron chi connectivity index (χ0n) is 15.0. The van der Waals surface area contributed by atoms with Crippen LogP contribution in [0, 0.1) is 0 Å². The second-order valence-electron chi connectivity index (χ2n) is 6.12. The lowest BCUT2D eigenvalue weighted by Gasteiger charge is -2.39. The molecule has 1 saturated heterocycles. The number of ether oxygens (including phenoxy) is 1. The monoisotopic (exact) mass is 373 g/mol. The number of piperazine rings is 1. The van der Waals surface area contributed by atoms with Crippen molar-refractivity contribution in [2.24, 2.45) is 0 Å². The summed E-state index contributed by atoms with van der Waals surface area (Å²) in [4.78, 5) is 29.7. The van der Waals surface area contributed by atoms with Gasteiger partial charge in [0.05, 0.1) is 7.11 Å². The van der Waals surface area contributed by atoms with E-state index in [4.69, 9.17) is 4.74 Å². The summed E-state index contributed by atoms with van der Waals surface area (Å²) >= 11 is 1.68. The third-order valence-electron chi connectivity index (χ3n) is 4.53. The molecule has 1 aromatic carbocycles. The number of rotatable bonds is 5. The molecule has 3 amide bonds. The lowest BCUT2D eigenvalue weighted by molar-refractivity contribution is -0.124. The van der Waals surface area contributed by atoms with E-state index in [0.717, 1.165) is 17.9 Å². The third-order valence-corrected chi connectivity index (χ3v) is 5.46. The first kappa shape index (κ1) is 18.3. The van der Waals surface area contributed by atoms with Gasteiger partial charge < -0.3 is 19.9 Å². The van der Waals surface area contributed by atoms with Crippen LogP contribution in [0.4, 0.5) is 10.5 Å². The number of hydrogen-bond donors (Lipinski definition) is 1. The summed E-state index contributed by atoms with van der Waals surface area (Å²) in [7, 11) is 1.61. The molecule has 0 saturated carbocycles. The smallest absolute Gasteiger partial charge is 0.318 e. The number of hydrogen-bond acceptors (Lipinski definition) is 4. The Balaban J connectivity index is 1.56. The number of nitrogens with one attached hydrogen (secondary N) is 1. The van der Waals surface area contributed by atoms with Gasteiger partial charge in [0.2, 0.25) is 5.91 Å². The molecule has 1 N–H and O–H groups in total. The molecule has 7 heteroatoms. The van der Waals surface area contributed by atoms with Gasteiger partial charge in [0.25, 0.3) is 0 Å². The zero-order valence-corrected chi connectivity index (χ0v) is 15.8. The SMILES string of the molecule is COc1ccc(N2CCN(C(=O)NCCc3cccs3)[C@@H](C)C2=O)cc1. The topological polar surface area (TPSA) is 61.9 Å². The number of carbonyl (C=O) groups is 2. The van der Waals surface area contributed by atoms with E-state index in [1.807, 2.05) is 35.7 Å². The predicted molar refractivity (Wildman–Crippen MR) is 103 cm³/mol. The average Bonchev–Trinajstić information content (AvgIpc) is 3.17. The fourth-order valence-corrected chi connectivity index (χ4v) is 3.72. The van der Waals surface area contributed by atoms with Crippen molar-refractivity contribution in [2.75, 3.05) is 31.6 Å². The lowest BCUT2D eigenvalue weighted by atomic mass is 10.1. The maximum absolute atomic E-state index is 12.7. The highest BCUT2D eigenvalue weighted by Crippen LogP contribution is 2.23. The second-order valence-corrected chi connectivity index (χ2v) is 7.15. The summed E-state index contributed by atoms with van der Waals surface area (Å²) < 4.78 is 5.15. The Bertz CT molecular complexity index is 746. The Morgan fingerprint density at radius 1 is 1.27 bits per heavy atom. The molecule has 2 aromatic rings. The molecule has 2 heterocycles. The molecule has 138 valence electrons. The van der Waals surface area contributed by atoms with Gasteiger partial charge in [0.1, 0.15) is 11.8 Å². The zero-order chi connectivity index (χ0) is 18.5. The van der Waals surface area contributed by atoms with Gasteiger partial charge in [0.15, 0.2) is 0 Å². The van der Waals surface area contributed by atoms with E-state index in [1.54, 1.807) is 35.2 Å². The summed E-state index contributed by atoms with van der Waals surface area (Å²) in [5.41, 5.74) is 0.820. The lowest BCUT2D eigenvalue weighted by Crippen LogP contribution is -2.59. The van der Waals surface area contributed by atoms with Crippen LogP contribution in [0.2, 0.25) is 0 Å². The highest BCUT2D eigenvalue weighted by atomic mass is 32.1. The molecule has 1 aliphatic heterocycles. The van der Waals surface area contributed by atoms with Crippen LogP contribution in [0.1, 0.15) is 11.8 Å². The van der Waals surface area contributed by atoms with Gasteiger partial charge in [-0.15, -0.1) is 11.3 Å². The van der Waals surface area contributed by atoms with Crippen molar-refractivity contribution in [3.05, 3.63) is 46.7 Å². The molecule has 0 aliphatic carbocycles. The van der Waals surface area contributed by atoms with Crippen molar-refractivity contribution in [3.63, 3.8) is 0 Å². The van der Waals surface area contributed by atoms with E-state index in [2.05, 4.69) is 11.4 Å². The minimum absolute atomic E-state index is 0.0742. The first-order chi connectivity index (χ1) is 12.6. The minimum atomic E-state index is -0.493. The van der Waals surface area contributed by atoms with Crippen LogP contribution in [0.5, 0.6) is 5.75 Å². The van der Waals surface area contributed by atoms with Crippen LogP contribution in [0.15, 0.2) is 41.8 Å². The fourth-order valence-electron chi connectivity index (χ4n) is 3.02. The van der Waals surface area contributed by atoms with Crippen molar-refractivity contribution in [1.82, 2.24) is 10.2 Å². The molecule has 0 bridgehead atoms. The van der Waals surface area contributed by atoms with E-state index >= 15 is 0 Å². The minimum Gasteiger partial charge on any atom is -0.497 e. The van der Waals surface area contributed by atoms with Crippen molar-refractivity contribution < 1.29 is 14.3 Å². The van der Waals surface area contributed by atoms with Gasteiger partial charge in [0, 0.05) is 30.2 Å². The molecule has 1 fully saturated rings. The highest BCUT2D eigenvalue weighted by molar-refractivity contribution is 7.09. The fraction of sp³-hybridized carbons (Fsp3) is 0.368. The number of urea groups is 1. The first-order valence-electron chi connectivity index (χ1n) is 8.62. The summed E-state index contributed by atoms with van der Waals surface area (Å²) in [6.07, 6.45) is 0.803. The number of amides is 3. The van der Waals surface area contributed by atoms with E-state index in [-0.39, 0.29) is 11.9 Å². The van der Waals surface area contributed by atoms with Crippen LogP contribution in [0.25, 0.3) is 0 Å². The summed E-state index contributed by atoms with van der Waals surface area (Å²) in [6, 6.07) is 10.8. The van der Waals surface area contributed by atoms with Crippen LogP contribution in [-0.4, -0.2) is 49.6 Å². The third kappa shape index (κ3) is 3.99. The molecule has 1 aliphatic rings. The molecule has 3 rings (SSSR count). The molecule has 26 heavy (non-hydrogen) atoms. The van der Waals surface area contributed by atoms with Crippen LogP contribution >= 0.6 is 11.3 Å². The Morgan fingerprint density at radius 3 is 2.69 bits per heavy atom.